The molecule has 0 aliphatic carbocycles. The number of nitrogens with zero attached hydrogens (tertiary/aromatic N) is 1. The molecule has 8 heteroatoms. The average molecular weight is 284 g/mol. The zero-order chi connectivity index (χ0) is 14.9. The Labute approximate surface area is 109 Å². The van der Waals surface area contributed by atoms with Crippen molar-refractivity contribution in [3.8, 4) is 11.3 Å². The van der Waals surface area contributed by atoms with Crippen LogP contribution in [0.1, 0.15) is 15.9 Å². The zero-order valence-electron chi connectivity index (χ0n) is 9.73. The normalized spacial score (nSPS) is 11.3. The smallest absolute Gasteiger partial charge is 0.417 e. The number of nitrogens with one attached hydrogen (secondary N) is 1. The van der Waals surface area contributed by atoms with E-state index in [-0.39, 0.29) is 0 Å². The van der Waals surface area contributed by atoms with Crippen molar-refractivity contribution < 1.29 is 23.1 Å². The number of aromatic amines is 1. The number of aromatic nitrogens is 2. The molecular weight excluding hydrogens is 277 g/mol. The monoisotopic (exact) mass is 284 g/mol. The van der Waals surface area contributed by atoms with Crippen LogP contribution in [-0.2, 0) is 6.18 Å². The van der Waals surface area contributed by atoms with Crippen molar-refractivity contribution in [3.63, 3.8) is 0 Å². The third kappa shape index (κ3) is 2.53. The molecule has 5 nitrogen and oxygen atoms in total. The molecule has 104 valence electrons. The van der Waals surface area contributed by atoms with Crippen LogP contribution in [0.2, 0.25) is 0 Å². The number of hydrogen-bond acceptors (Lipinski definition) is 3. The van der Waals surface area contributed by atoms with Crippen LogP contribution in [-0.4, -0.2) is 21.0 Å². The maximum Gasteiger partial charge on any atom is 0.417 e. The Balaban J connectivity index is 2.79. The topological polar surface area (TPSA) is 83.0 Å². The minimum Gasteiger partial charge on any atom is -0.478 e. The summed E-state index contributed by atoms with van der Waals surface area (Å²) < 4.78 is 38.7. The summed E-state index contributed by atoms with van der Waals surface area (Å²) in [6, 6.07) is 4.38. The summed E-state index contributed by atoms with van der Waals surface area (Å²) in [6.45, 7) is 0. The highest BCUT2D eigenvalue weighted by Crippen LogP contribution is 2.36. The van der Waals surface area contributed by atoms with Gasteiger partial charge in [0, 0.05) is 11.8 Å². The molecule has 0 saturated heterocycles. The van der Waals surface area contributed by atoms with Crippen molar-refractivity contribution >= 4 is 5.97 Å². The molecule has 1 heterocycles. The summed E-state index contributed by atoms with van der Waals surface area (Å²) in [6.07, 6.45) is -3.95. The van der Waals surface area contributed by atoms with Gasteiger partial charge in [0.2, 0.25) is 0 Å². The third-order valence-electron chi connectivity index (χ3n) is 2.54. The molecule has 2 rings (SSSR count). The standard InChI is InChI=1S/C12H7F3N2O3/c13-12(14,15)8-4-2-1-3-6(8)9-7(10(18)19)5-16-11(20)17-9/h1-5H,(H,18,19)(H,16,17,20). The first-order valence-corrected chi connectivity index (χ1v) is 5.30. The van der Waals surface area contributed by atoms with Crippen LogP contribution in [0.5, 0.6) is 0 Å². The van der Waals surface area contributed by atoms with Gasteiger partial charge < -0.3 is 10.1 Å². The molecule has 0 radical (unpaired) electrons. The van der Waals surface area contributed by atoms with Crippen LogP contribution in [0.4, 0.5) is 13.2 Å². The minimum absolute atomic E-state index is 0.420. The van der Waals surface area contributed by atoms with Crippen LogP contribution in [0, 0.1) is 0 Å². The van der Waals surface area contributed by atoms with E-state index < -0.39 is 40.2 Å². The second-order valence-electron chi connectivity index (χ2n) is 3.83. The first kappa shape index (κ1) is 13.8. The molecule has 0 amide bonds. The summed E-state index contributed by atoms with van der Waals surface area (Å²) >= 11 is 0. The number of alkyl halides is 3. The van der Waals surface area contributed by atoms with E-state index in [1.165, 1.54) is 12.1 Å². The van der Waals surface area contributed by atoms with E-state index in [0.29, 0.717) is 0 Å². The molecule has 0 unspecified atom stereocenters. The Morgan fingerprint density at radius 2 is 1.90 bits per heavy atom. The van der Waals surface area contributed by atoms with Crippen molar-refractivity contribution in [3.05, 3.63) is 52.1 Å². The fourth-order valence-electron chi connectivity index (χ4n) is 1.72. The molecule has 0 bridgehead atoms. The lowest BCUT2D eigenvalue weighted by Gasteiger charge is -2.13. The van der Waals surface area contributed by atoms with Crippen molar-refractivity contribution in [2.24, 2.45) is 0 Å². The van der Waals surface area contributed by atoms with Gasteiger partial charge in [-0.15, -0.1) is 0 Å². The van der Waals surface area contributed by atoms with E-state index in [4.69, 9.17) is 5.11 Å². The van der Waals surface area contributed by atoms with Gasteiger partial charge in [0.25, 0.3) is 0 Å². The second kappa shape index (κ2) is 4.80. The molecule has 20 heavy (non-hydrogen) atoms. The van der Waals surface area contributed by atoms with Gasteiger partial charge in [0.05, 0.1) is 11.3 Å². The number of carboxylic acid groups (broad SMARTS) is 1. The van der Waals surface area contributed by atoms with Gasteiger partial charge in [0.1, 0.15) is 5.56 Å². The van der Waals surface area contributed by atoms with E-state index in [2.05, 4.69) is 4.98 Å². The third-order valence-corrected chi connectivity index (χ3v) is 2.54. The Bertz CT molecular complexity index is 722. The predicted molar refractivity (Wildman–Crippen MR) is 62.3 cm³/mol. The minimum atomic E-state index is -4.67. The van der Waals surface area contributed by atoms with Gasteiger partial charge in [-0.25, -0.2) is 14.6 Å². The Morgan fingerprint density at radius 1 is 1.25 bits per heavy atom. The number of hydrogen-bond donors (Lipinski definition) is 2. The second-order valence-corrected chi connectivity index (χ2v) is 3.83. The van der Waals surface area contributed by atoms with E-state index >= 15 is 0 Å². The fraction of sp³-hybridized carbons (Fsp3) is 0.0833. The highest BCUT2D eigenvalue weighted by atomic mass is 19.4. The van der Waals surface area contributed by atoms with E-state index in [9.17, 15) is 22.8 Å². The van der Waals surface area contributed by atoms with Crippen LogP contribution in [0.3, 0.4) is 0 Å². The summed E-state index contributed by atoms with van der Waals surface area (Å²) in [7, 11) is 0. The zero-order valence-corrected chi connectivity index (χ0v) is 9.73. The molecule has 1 aromatic heterocycles. The average Bonchev–Trinajstić information content (AvgIpc) is 2.37. The van der Waals surface area contributed by atoms with E-state index in [0.717, 1.165) is 18.3 Å². The molecule has 0 fully saturated rings. The largest absolute Gasteiger partial charge is 0.478 e. The number of rotatable bonds is 2. The number of carboxylic acids is 1. The quantitative estimate of drug-likeness (QED) is 0.885. The SMILES string of the molecule is O=C(O)c1cnc(=O)[nH]c1-c1ccccc1C(F)(F)F. The maximum atomic E-state index is 12.9. The molecule has 0 aliphatic rings. The molecule has 1 aromatic carbocycles. The van der Waals surface area contributed by atoms with Crippen LogP contribution < -0.4 is 5.69 Å². The molecule has 2 N–H and O–H groups in total. The lowest BCUT2D eigenvalue weighted by atomic mass is 10.0. The molecule has 0 atom stereocenters. The van der Waals surface area contributed by atoms with Gasteiger partial charge in [-0.3, -0.25) is 0 Å². The van der Waals surface area contributed by atoms with E-state index in [1.54, 1.807) is 0 Å². The van der Waals surface area contributed by atoms with Gasteiger partial charge in [-0.05, 0) is 6.07 Å². The van der Waals surface area contributed by atoms with Gasteiger partial charge in [0.15, 0.2) is 0 Å². The van der Waals surface area contributed by atoms with Crippen LogP contribution in [0.25, 0.3) is 11.3 Å². The van der Waals surface area contributed by atoms with Crippen molar-refractivity contribution in [1.29, 1.82) is 0 Å². The molecular formula is C12H7F3N2O3. The summed E-state index contributed by atoms with van der Waals surface area (Å²) in [5, 5.41) is 8.97. The van der Waals surface area contributed by atoms with Gasteiger partial charge in [-0.2, -0.15) is 13.2 Å². The number of aromatic carboxylic acids is 1. The number of carbonyl (C=O) groups is 1. The number of benzene rings is 1. The fourth-order valence-corrected chi connectivity index (χ4v) is 1.72. The number of H-pyrrole nitrogens is 1. The first-order valence-electron chi connectivity index (χ1n) is 5.30. The molecule has 0 spiro atoms. The predicted octanol–water partition coefficient (Wildman–Crippen LogP) is 2.15. The first-order chi connectivity index (χ1) is 9.30. The summed E-state index contributed by atoms with van der Waals surface area (Å²) in [5.41, 5.74) is -3.32. The van der Waals surface area contributed by atoms with Crippen LogP contribution >= 0.6 is 0 Å². The molecule has 0 aliphatic heterocycles. The molecule has 0 saturated carbocycles. The highest BCUT2D eigenvalue weighted by Gasteiger charge is 2.34. The van der Waals surface area contributed by atoms with Crippen molar-refractivity contribution in [1.82, 2.24) is 9.97 Å². The van der Waals surface area contributed by atoms with Crippen molar-refractivity contribution in [2.75, 3.05) is 0 Å². The molecule has 2 aromatic rings. The Morgan fingerprint density at radius 3 is 2.50 bits per heavy atom. The lowest BCUT2D eigenvalue weighted by Crippen LogP contribution is -2.17. The highest BCUT2D eigenvalue weighted by molar-refractivity contribution is 5.94. The summed E-state index contributed by atoms with van der Waals surface area (Å²) in [5.74, 6) is -1.49. The lowest BCUT2D eigenvalue weighted by molar-refractivity contribution is -0.137. The Kier molecular flexibility index (Phi) is 3.31. The Hall–Kier alpha value is -2.64. The summed E-state index contributed by atoms with van der Waals surface area (Å²) in [4.78, 5) is 27.4. The number of halogens is 3. The maximum absolute atomic E-state index is 12.9. The van der Waals surface area contributed by atoms with Crippen LogP contribution in [0.15, 0.2) is 35.3 Å². The van der Waals surface area contributed by atoms with Gasteiger partial charge in [-0.1, -0.05) is 18.2 Å². The van der Waals surface area contributed by atoms with Gasteiger partial charge >= 0.3 is 17.8 Å². The van der Waals surface area contributed by atoms with E-state index in [1.807, 2.05) is 4.98 Å². The van der Waals surface area contributed by atoms with Crippen molar-refractivity contribution in [2.45, 2.75) is 6.18 Å².